The number of amides is 1. The third kappa shape index (κ3) is 4.57. The van der Waals surface area contributed by atoms with E-state index in [1.165, 1.54) is 12.3 Å². The molecule has 1 rings (SSSR count). The third-order valence-electron chi connectivity index (χ3n) is 3.42. The predicted molar refractivity (Wildman–Crippen MR) is 92.0 cm³/mol. The number of nitrogens with two attached hydrogens (primary N) is 1. The van der Waals surface area contributed by atoms with Crippen LogP contribution in [0.4, 0.5) is 0 Å². The Balaban J connectivity index is 2.83. The molecular weight excluding hydrogens is 294 g/mol. The third-order valence-corrected chi connectivity index (χ3v) is 3.42. The molecule has 0 aliphatic carbocycles. The van der Waals surface area contributed by atoms with Crippen molar-refractivity contribution in [3.63, 3.8) is 0 Å². The lowest BCUT2D eigenvalue weighted by molar-refractivity contribution is 0.0957. The van der Waals surface area contributed by atoms with Gasteiger partial charge in [-0.15, -0.1) is 0 Å². The van der Waals surface area contributed by atoms with Crippen molar-refractivity contribution >= 4 is 17.6 Å². The molecule has 0 aromatic heterocycles. The van der Waals surface area contributed by atoms with Crippen LogP contribution in [0, 0.1) is 12.3 Å². The molecule has 0 heterocycles. The second-order valence-electron chi connectivity index (χ2n) is 5.07. The number of nitrogens with zero attached hydrogens (tertiary/aromatic N) is 2. The minimum Gasteiger partial charge on any atom is -0.508 e. The number of carbonyl (C=O) groups excluding carboxylic acids is 1. The standard InChI is InChI=1S/C16H23N5O2/c1-10-7-12(5-6-14(10)22)16(23)20-9-13(8-17)15(19-3)21(4)11(2)18/h5-8,18,22H,9,17H2,1-4H3,(H,20,23). The van der Waals surface area contributed by atoms with Gasteiger partial charge in [0.15, 0.2) is 0 Å². The van der Waals surface area contributed by atoms with Gasteiger partial charge in [-0.05, 0) is 37.6 Å². The van der Waals surface area contributed by atoms with Crippen LogP contribution in [0.5, 0.6) is 5.75 Å². The van der Waals surface area contributed by atoms with Gasteiger partial charge in [-0.1, -0.05) is 0 Å². The number of likely N-dealkylation sites (N-methyl/N-ethyl adjacent to an activating group) is 1. The van der Waals surface area contributed by atoms with Gasteiger partial charge in [0.2, 0.25) is 0 Å². The van der Waals surface area contributed by atoms with Gasteiger partial charge >= 0.3 is 0 Å². The van der Waals surface area contributed by atoms with E-state index in [4.69, 9.17) is 11.1 Å². The van der Waals surface area contributed by atoms with Crippen LogP contribution >= 0.6 is 0 Å². The molecule has 124 valence electrons. The first-order valence-corrected chi connectivity index (χ1v) is 7.06. The van der Waals surface area contributed by atoms with E-state index in [1.54, 1.807) is 45.0 Å². The summed E-state index contributed by atoms with van der Waals surface area (Å²) in [6, 6.07) is 4.64. The summed E-state index contributed by atoms with van der Waals surface area (Å²) in [6.45, 7) is 3.54. The van der Waals surface area contributed by atoms with Crippen molar-refractivity contribution in [2.24, 2.45) is 10.7 Å². The second kappa shape index (κ2) is 7.98. The zero-order valence-corrected chi connectivity index (χ0v) is 13.8. The minimum absolute atomic E-state index is 0.146. The summed E-state index contributed by atoms with van der Waals surface area (Å²) in [4.78, 5) is 17.9. The fraction of sp³-hybridized carbons (Fsp3) is 0.312. The van der Waals surface area contributed by atoms with Crippen molar-refractivity contribution in [2.45, 2.75) is 13.8 Å². The molecule has 1 amide bonds. The van der Waals surface area contributed by atoms with Crippen molar-refractivity contribution in [1.82, 2.24) is 10.2 Å². The summed E-state index contributed by atoms with van der Waals surface area (Å²) in [6.07, 6.45) is 1.37. The van der Waals surface area contributed by atoms with E-state index in [1.807, 2.05) is 0 Å². The molecule has 0 aliphatic heterocycles. The molecule has 0 fully saturated rings. The number of phenolic OH excluding ortho intramolecular Hbond substituents is 1. The summed E-state index contributed by atoms with van der Waals surface area (Å²) < 4.78 is 0. The maximum Gasteiger partial charge on any atom is 0.251 e. The number of hydrogen-bond acceptors (Lipinski definition) is 5. The van der Waals surface area contributed by atoms with Crippen molar-refractivity contribution < 1.29 is 9.90 Å². The van der Waals surface area contributed by atoms with Crippen LogP contribution in [0.1, 0.15) is 22.8 Å². The number of phenols is 1. The van der Waals surface area contributed by atoms with E-state index >= 15 is 0 Å². The molecule has 0 atom stereocenters. The van der Waals surface area contributed by atoms with E-state index in [2.05, 4.69) is 10.3 Å². The summed E-state index contributed by atoms with van der Waals surface area (Å²) in [7, 11) is 3.31. The first-order chi connectivity index (χ1) is 10.8. The Kier molecular flexibility index (Phi) is 6.32. The normalized spacial score (nSPS) is 12.0. The Hall–Kier alpha value is -2.83. The number of carbonyl (C=O) groups is 1. The Bertz CT molecular complexity index is 664. The van der Waals surface area contributed by atoms with Gasteiger partial charge in [-0.2, -0.15) is 0 Å². The van der Waals surface area contributed by atoms with E-state index < -0.39 is 0 Å². The first-order valence-electron chi connectivity index (χ1n) is 7.06. The van der Waals surface area contributed by atoms with Crippen molar-refractivity contribution in [3.8, 4) is 5.75 Å². The highest BCUT2D eigenvalue weighted by atomic mass is 16.3. The van der Waals surface area contributed by atoms with E-state index in [-0.39, 0.29) is 18.2 Å². The summed E-state index contributed by atoms with van der Waals surface area (Å²) in [5, 5.41) is 19.9. The molecule has 0 spiro atoms. The van der Waals surface area contributed by atoms with Crippen molar-refractivity contribution in [2.75, 3.05) is 20.6 Å². The first kappa shape index (κ1) is 18.2. The highest BCUT2D eigenvalue weighted by Gasteiger charge is 2.15. The Morgan fingerprint density at radius 2 is 2.17 bits per heavy atom. The number of amidine groups is 2. The van der Waals surface area contributed by atoms with Gasteiger partial charge in [-0.3, -0.25) is 15.2 Å². The fourth-order valence-electron chi connectivity index (χ4n) is 1.95. The van der Waals surface area contributed by atoms with Crippen LogP contribution in [-0.2, 0) is 0 Å². The van der Waals surface area contributed by atoms with Gasteiger partial charge in [0.25, 0.3) is 5.91 Å². The Morgan fingerprint density at radius 1 is 1.52 bits per heavy atom. The number of aryl methyl sites for hydroxylation is 1. The molecule has 0 radical (unpaired) electrons. The molecule has 5 N–H and O–H groups in total. The zero-order chi connectivity index (χ0) is 17.6. The lowest BCUT2D eigenvalue weighted by Gasteiger charge is -2.21. The van der Waals surface area contributed by atoms with Crippen LogP contribution in [0.25, 0.3) is 0 Å². The average molecular weight is 317 g/mol. The number of benzene rings is 1. The number of hydrogen-bond donors (Lipinski definition) is 4. The van der Waals surface area contributed by atoms with Crippen LogP contribution in [-0.4, -0.2) is 48.2 Å². The van der Waals surface area contributed by atoms with Crippen molar-refractivity contribution in [1.29, 1.82) is 5.41 Å². The highest BCUT2D eigenvalue weighted by molar-refractivity contribution is 6.08. The lowest BCUT2D eigenvalue weighted by atomic mass is 10.1. The molecule has 7 heteroatoms. The molecular formula is C16H23N5O2. The molecule has 0 bridgehead atoms. The van der Waals surface area contributed by atoms with Crippen LogP contribution in [0.3, 0.4) is 0 Å². The second-order valence-corrected chi connectivity index (χ2v) is 5.07. The molecule has 1 aromatic carbocycles. The maximum absolute atomic E-state index is 12.2. The van der Waals surface area contributed by atoms with Crippen LogP contribution in [0.2, 0.25) is 0 Å². The fourth-order valence-corrected chi connectivity index (χ4v) is 1.95. The lowest BCUT2D eigenvalue weighted by Crippen LogP contribution is -2.37. The minimum atomic E-state index is -0.280. The molecule has 23 heavy (non-hydrogen) atoms. The number of rotatable bonds is 4. The van der Waals surface area contributed by atoms with Gasteiger partial charge in [0, 0.05) is 38.0 Å². The molecule has 0 saturated carbocycles. The maximum atomic E-state index is 12.2. The predicted octanol–water partition coefficient (Wildman–Crippen LogP) is 1.23. The summed E-state index contributed by atoms with van der Waals surface area (Å²) >= 11 is 0. The summed E-state index contributed by atoms with van der Waals surface area (Å²) in [5.74, 6) is 0.692. The van der Waals surface area contributed by atoms with Crippen LogP contribution in [0.15, 0.2) is 35.0 Å². The SMILES string of the molecule is CN=C(C(=CN)CNC(=O)c1ccc(O)c(C)c1)N(C)C(C)=N. The highest BCUT2D eigenvalue weighted by Crippen LogP contribution is 2.16. The molecule has 1 aromatic rings. The van der Waals surface area contributed by atoms with E-state index in [0.29, 0.717) is 28.4 Å². The Morgan fingerprint density at radius 3 is 2.65 bits per heavy atom. The number of aliphatic imine (C=N–C) groups is 1. The topological polar surface area (TPSA) is 115 Å². The largest absolute Gasteiger partial charge is 0.508 e. The van der Waals surface area contributed by atoms with Crippen LogP contribution < -0.4 is 11.1 Å². The van der Waals surface area contributed by atoms with E-state index in [9.17, 15) is 9.90 Å². The molecule has 0 unspecified atom stereocenters. The van der Waals surface area contributed by atoms with Gasteiger partial charge in [0.05, 0.1) is 5.84 Å². The number of nitrogens with one attached hydrogen (secondary N) is 2. The Labute approximate surface area is 136 Å². The van der Waals surface area contributed by atoms with Gasteiger partial charge in [0.1, 0.15) is 11.6 Å². The molecule has 0 aliphatic rings. The van der Waals surface area contributed by atoms with Gasteiger partial charge < -0.3 is 21.1 Å². The van der Waals surface area contributed by atoms with E-state index in [0.717, 1.165) is 0 Å². The molecule has 0 saturated heterocycles. The zero-order valence-electron chi connectivity index (χ0n) is 13.8. The quantitative estimate of drug-likeness (QED) is 0.494. The number of aromatic hydroxyl groups is 1. The summed E-state index contributed by atoms with van der Waals surface area (Å²) in [5.41, 5.74) is 7.31. The molecule has 7 nitrogen and oxygen atoms in total. The monoisotopic (exact) mass is 317 g/mol. The van der Waals surface area contributed by atoms with Gasteiger partial charge in [-0.25, -0.2) is 0 Å². The van der Waals surface area contributed by atoms with Crippen molar-refractivity contribution in [3.05, 3.63) is 41.1 Å². The average Bonchev–Trinajstić information content (AvgIpc) is 2.52. The smallest absolute Gasteiger partial charge is 0.251 e.